The third-order valence-electron chi connectivity index (χ3n) is 0. The molecule has 0 rings (SSSR count). The van der Waals surface area contributed by atoms with Crippen molar-refractivity contribution in [1.82, 2.24) is 0 Å². The molecule has 1 radical (unpaired) electrons. The van der Waals surface area contributed by atoms with Crippen molar-refractivity contribution in [3.05, 3.63) is 6.15 Å². The molecule has 0 amide bonds. The summed E-state index contributed by atoms with van der Waals surface area (Å²) in [5, 5.41) is 0. The second-order valence-electron chi connectivity index (χ2n) is 0.204. The minimum absolute atomic E-state index is 0. The van der Waals surface area contributed by atoms with Crippen molar-refractivity contribution < 1.29 is 37.5 Å². The summed E-state index contributed by atoms with van der Waals surface area (Å²) in [6.45, 7) is 5.32. The summed E-state index contributed by atoms with van der Waals surface area (Å²) in [5.74, 6) is 0. The van der Waals surface area contributed by atoms with Crippen molar-refractivity contribution in [1.29, 1.82) is 0 Å². The number of carbonyl (C=O) groups excluding carboxylic acids is 1. The van der Waals surface area contributed by atoms with Gasteiger partial charge in [-0.2, -0.15) is 6.92 Å². The fourth-order valence-corrected chi connectivity index (χ4v) is 0. The second-order valence-corrected chi connectivity index (χ2v) is 0.204. The van der Waals surface area contributed by atoms with Crippen LogP contribution in [0, 0.1) is 0 Å². The van der Waals surface area contributed by atoms with Crippen LogP contribution in [0.3, 0.4) is 0 Å². The fourth-order valence-electron chi connectivity index (χ4n) is 0. The third kappa shape index (κ3) is 280. The van der Waals surface area contributed by atoms with Crippen molar-refractivity contribution in [3.8, 4) is 0 Å². The SMILES string of the molecule is CC.C[C-]=O.[NH2-].[Y]. The van der Waals surface area contributed by atoms with Gasteiger partial charge in [-0.15, -0.1) is 0 Å². The van der Waals surface area contributed by atoms with Crippen LogP contribution in [0.15, 0.2) is 0 Å². The molecule has 43 valence electrons. The average molecular weight is 178 g/mol. The summed E-state index contributed by atoms with van der Waals surface area (Å²) in [6, 6.07) is 0. The minimum Gasteiger partial charge on any atom is -0.693 e. The standard InChI is InChI=1S/C2H3O.C2H6.H2N.Y/c1-2-3;1-2;;/h1H3;1-2H3;1H2;/q-1;;-1;. The van der Waals surface area contributed by atoms with Gasteiger partial charge >= 0.3 is 0 Å². The molecule has 0 aromatic rings. The average Bonchev–Trinajstić information content (AvgIpc) is 1.46. The van der Waals surface area contributed by atoms with Gasteiger partial charge in [0.2, 0.25) is 0 Å². The van der Waals surface area contributed by atoms with Gasteiger partial charge in [0, 0.05) is 32.7 Å². The Labute approximate surface area is 70.5 Å². The summed E-state index contributed by atoms with van der Waals surface area (Å²) < 4.78 is 0. The van der Waals surface area contributed by atoms with Crippen molar-refractivity contribution in [3.63, 3.8) is 0 Å². The quantitative estimate of drug-likeness (QED) is 0.522. The van der Waals surface area contributed by atoms with Crippen LogP contribution in [0.5, 0.6) is 0 Å². The minimum atomic E-state index is 0. The summed E-state index contributed by atoms with van der Waals surface area (Å²) >= 11 is 0. The number of hydrogen-bond acceptors (Lipinski definition) is 1. The molecule has 0 aliphatic carbocycles. The van der Waals surface area contributed by atoms with Crippen molar-refractivity contribution in [2.45, 2.75) is 20.8 Å². The van der Waals surface area contributed by atoms with Gasteiger partial charge in [0.15, 0.2) is 0 Å². The van der Waals surface area contributed by atoms with E-state index in [4.69, 9.17) is 4.79 Å². The van der Waals surface area contributed by atoms with Crippen LogP contribution < -0.4 is 0 Å². The van der Waals surface area contributed by atoms with E-state index in [0.29, 0.717) is 0 Å². The van der Waals surface area contributed by atoms with Crippen molar-refractivity contribution in [2.24, 2.45) is 0 Å². The molecule has 0 unspecified atom stereocenters. The van der Waals surface area contributed by atoms with E-state index in [0.717, 1.165) is 0 Å². The predicted octanol–water partition coefficient (Wildman–Crippen LogP) is 1.86. The predicted molar refractivity (Wildman–Crippen MR) is 28.0 cm³/mol. The van der Waals surface area contributed by atoms with E-state index in [1.54, 1.807) is 0 Å². The first-order chi connectivity index (χ1) is 2.41. The van der Waals surface area contributed by atoms with E-state index in [2.05, 4.69) is 0 Å². The first-order valence-corrected chi connectivity index (χ1v) is 1.70. The molecular formula is C4H11NOY-2. The van der Waals surface area contributed by atoms with Crippen LogP contribution in [0.25, 0.3) is 6.15 Å². The maximum Gasteiger partial charge on any atom is 0 e. The first kappa shape index (κ1) is 25.2. The molecule has 0 atom stereocenters. The molecule has 0 aromatic heterocycles. The maximum absolute atomic E-state index is 8.68. The Kier molecular flexibility index (Phi) is 265. The molecule has 0 bridgehead atoms. The Balaban J connectivity index is -0.0000000105. The molecule has 0 spiro atoms. The molecule has 0 heterocycles. The van der Waals surface area contributed by atoms with Crippen LogP contribution in [0.2, 0.25) is 0 Å². The Morgan fingerprint density at radius 1 is 1.29 bits per heavy atom. The normalized spacial score (nSPS) is 2.71. The van der Waals surface area contributed by atoms with Crippen molar-refractivity contribution in [2.75, 3.05) is 0 Å². The zero-order valence-corrected chi connectivity index (χ0v) is 7.90. The molecule has 2 nitrogen and oxygen atoms in total. The summed E-state index contributed by atoms with van der Waals surface area (Å²) in [4.78, 5) is 8.68. The molecule has 0 aromatic carbocycles. The van der Waals surface area contributed by atoms with Crippen molar-refractivity contribution >= 4 is 6.29 Å². The van der Waals surface area contributed by atoms with E-state index in [9.17, 15) is 0 Å². The fraction of sp³-hybridized carbons (Fsp3) is 0.750. The van der Waals surface area contributed by atoms with Crippen LogP contribution >= 0.6 is 0 Å². The van der Waals surface area contributed by atoms with E-state index in [-0.39, 0.29) is 38.9 Å². The Morgan fingerprint density at radius 3 is 1.29 bits per heavy atom. The van der Waals surface area contributed by atoms with Gasteiger partial charge in [-0.1, -0.05) is 13.8 Å². The van der Waals surface area contributed by atoms with Gasteiger partial charge in [-0.3, -0.25) is 6.29 Å². The molecule has 0 aliphatic heterocycles. The van der Waals surface area contributed by atoms with E-state index in [1.165, 1.54) is 13.2 Å². The Hall–Kier alpha value is 0.734. The zero-order chi connectivity index (χ0) is 4.71. The molecule has 0 saturated heterocycles. The number of nitrogens with two attached hydrogens (primary N) is 1. The molecule has 7 heavy (non-hydrogen) atoms. The number of rotatable bonds is 0. The largest absolute Gasteiger partial charge is 0.693 e. The second kappa shape index (κ2) is 73.6. The smallest absolute Gasteiger partial charge is 0 e. The van der Waals surface area contributed by atoms with Gasteiger partial charge in [0.05, 0.1) is 0 Å². The van der Waals surface area contributed by atoms with Crippen LogP contribution in [-0.4, -0.2) is 6.29 Å². The van der Waals surface area contributed by atoms with E-state index >= 15 is 0 Å². The molecule has 0 fully saturated rings. The molecular weight excluding hydrogens is 167 g/mol. The maximum atomic E-state index is 8.68. The van der Waals surface area contributed by atoms with Gasteiger partial charge in [0.1, 0.15) is 0 Å². The molecule has 0 aliphatic rings. The Bertz CT molecular complexity index is 19.2. The summed E-state index contributed by atoms with van der Waals surface area (Å²) in [7, 11) is 0. The van der Waals surface area contributed by atoms with E-state index in [1.807, 2.05) is 13.8 Å². The zero-order valence-electron chi connectivity index (χ0n) is 5.06. The summed E-state index contributed by atoms with van der Waals surface area (Å²) in [5.41, 5.74) is 0. The summed E-state index contributed by atoms with van der Waals surface area (Å²) in [6.07, 6.45) is 1.50. The Morgan fingerprint density at radius 2 is 1.29 bits per heavy atom. The van der Waals surface area contributed by atoms with Gasteiger partial charge < -0.3 is 10.9 Å². The number of hydrogen-bond donors (Lipinski definition) is 0. The molecule has 0 saturated carbocycles. The third-order valence-corrected chi connectivity index (χ3v) is 0. The van der Waals surface area contributed by atoms with Crippen LogP contribution in [0.4, 0.5) is 0 Å². The van der Waals surface area contributed by atoms with Gasteiger partial charge in [-0.25, -0.2) is 0 Å². The topological polar surface area (TPSA) is 50.6 Å². The van der Waals surface area contributed by atoms with Crippen LogP contribution in [-0.2, 0) is 37.5 Å². The van der Waals surface area contributed by atoms with Gasteiger partial charge in [-0.05, 0) is 0 Å². The van der Waals surface area contributed by atoms with E-state index < -0.39 is 0 Å². The van der Waals surface area contributed by atoms with Crippen LogP contribution in [0.1, 0.15) is 20.8 Å². The monoisotopic (exact) mass is 178 g/mol. The van der Waals surface area contributed by atoms with Gasteiger partial charge in [0.25, 0.3) is 0 Å². The molecule has 3 heteroatoms. The molecule has 2 N–H and O–H groups in total. The first-order valence-electron chi connectivity index (χ1n) is 1.70.